The van der Waals surface area contributed by atoms with Crippen LogP contribution >= 0.6 is 31.9 Å². The van der Waals surface area contributed by atoms with E-state index in [0.29, 0.717) is 10.0 Å². The van der Waals surface area contributed by atoms with Crippen LogP contribution in [-0.2, 0) is 4.79 Å². The van der Waals surface area contributed by atoms with Gasteiger partial charge in [0.05, 0.1) is 5.56 Å². The van der Waals surface area contributed by atoms with Gasteiger partial charge in [-0.1, -0.05) is 15.9 Å². The van der Waals surface area contributed by atoms with Gasteiger partial charge in [-0.2, -0.15) is 0 Å². The van der Waals surface area contributed by atoms with Crippen LogP contribution in [0.3, 0.4) is 0 Å². The second kappa shape index (κ2) is 5.27. The van der Waals surface area contributed by atoms with Crippen molar-refractivity contribution < 1.29 is 9.59 Å². The fourth-order valence-electron chi connectivity index (χ4n) is 0.884. The molecule has 2 amide bonds. The molecule has 2 N–H and O–H groups in total. The van der Waals surface area contributed by atoms with Gasteiger partial charge in [0.25, 0.3) is 5.91 Å². The second-order valence-corrected chi connectivity index (χ2v) is 4.53. The third-order valence-electron chi connectivity index (χ3n) is 1.53. The smallest absolute Gasteiger partial charge is 0.270 e. The molecular weight excluding hydrogens is 328 g/mol. The summed E-state index contributed by atoms with van der Waals surface area (Å²) < 4.78 is 1.45. The van der Waals surface area contributed by atoms with Crippen molar-refractivity contribution in [1.82, 2.24) is 10.9 Å². The quantitative estimate of drug-likeness (QED) is 0.771. The Bertz CT molecular complexity index is 407. The molecule has 0 aliphatic rings. The zero-order valence-electron chi connectivity index (χ0n) is 7.80. The van der Waals surface area contributed by atoms with Crippen molar-refractivity contribution in [1.29, 1.82) is 0 Å². The fraction of sp³-hybridized carbons (Fsp3) is 0.111. The lowest BCUT2D eigenvalue weighted by atomic mass is 10.2. The number of hydrogen-bond acceptors (Lipinski definition) is 2. The molecule has 1 rings (SSSR count). The molecule has 0 aliphatic heterocycles. The molecule has 0 spiro atoms. The van der Waals surface area contributed by atoms with Gasteiger partial charge in [0, 0.05) is 15.9 Å². The molecule has 0 bridgehead atoms. The summed E-state index contributed by atoms with van der Waals surface area (Å²) in [5.74, 6) is -0.701. The van der Waals surface area contributed by atoms with Crippen LogP contribution in [0.15, 0.2) is 27.1 Å². The first-order valence-electron chi connectivity index (χ1n) is 4.02. The largest absolute Gasteiger partial charge is 0.274 e. The minimum atomic E-state index is -0.377. The van der Waals surface area contributed by atoms with Crippen molar-refractivity contribution in [3.8, 4) is 0 Å². The number of nitrogens with one attached hydrogen (secondary N) is 2. The molecule has 0 saturated heterocycles. The van der Waals surface area contributed by atoms with Gasteiger partial charge in [-0.3, -0.25) is 20.4 Å². The fourth-order valence-corrected chi connectivity index (χ4v) is 1.67. The Morgan fingerprint density at radius 2 is 1.87 bits per heavy atom. The topological polar surface area (TPSA) is 58.2 Å². The highest BCUT2D eigenvalue weighted by Gasteiger charge is 2.10. The van der Waals surface area contributed by atoms with E-state index in [1.807, 2.05) is 0 Å². The first-order chi connectivity index (χ1) is 7.00. The minimum Gasteiger partial charge on any atom is -0.274 e. The first kappa shape index (κ1) is 12.2. The van der Waals surface area contributed by atoms with Gasteiger partial charge >= 0.3 is 0 Å². The maximum atomic E-state index is 11.5. The summed E-state index contributed by atoms with van der Waals surface area (Å²) in [6.45, 7) is 1.32. The molecule has 6 heteroatoms. The monoisotopic (exact) mass is 334 g/mol. The van der Waals surface area contributed by atoms with Gasteiger partial charge in [0.2, 0.25) is 5.91 Å². The van der Waals surface area contributed by atoms with Crippen LogP contribution in [0.1, 0.15) is 17.3 Å². The Balaban J connectivity index is 2.81. The lowest BCUT2D eigenvalue weighted by Gasteiger charge is -2.06. The van der Waals surface area contributed by atoms with Gasteiger partial charge in [-0.25, -0.2) is 0 Å². The van der Waals surface area contributed by atoms with E-state index in [4.69, 9.17) is 0 Å². The van der Waals surface area contributed by atoms with Crippen molar-refractivity contribution >= 4 is 43.7 Å². The molecule has 0 heterocycles. The number of halogens is 2. The molecule has 4 nitrogen and oxygen atoms in total. The van der Waals surface area contributed by atoms with Crippen LogP contribution in [-0.4, -0.2) is 11.8 Å². The first-order valence-corrected chi connectivity index (χ1v) is 5.61. The van der Waals surface area contributed by atoms with Gasteiger partial charge < -0.3 is 0 Å². The van der Waals surface area contributed by atoms with Crippen LogP contribution in [0.2, 0.25) is 0 Å². The van der Waals surface area contributed by atoms with E-state index in [0.717, 1.165) is 4.47 Å². The summed E-state index contributed by atoms with van der Waals surface area (Å²) in [5, 5.41) is 0. The number of hydrazine groups is 1. The summed E-state index contributed by atoms with van der Waals surface area (Å²) in [5.41, 5.74) is 4.94. The lowest BCUT2D eigenvalue weighted by molar-refractivity contribution is -0.119. The summed E-state index contributed by atoms with van der Waals surface area (Å²) in [6.07, 6.45) is 0. The molecule has 0 saturated carbocycles. The van der Waals surface area contributed by atoms with E-state index in [2.05, 4.69) is 42.7 Å². The van der Waals surface area contributed by atoms with E-state index in [-0.39, 0.29) is 11.8 Å². The molecule has 15 heavy (non-hydrogen) atoms. The van der Waals surface area contributed by atoms with Crippen LogP contribution < -0.4 is 10.9 Å². The van der Waals surface area contributed by atoms with E-state index < -0.39 is 0 Å². The molecule has 0 aromatic heterocycles. The van der Waals surface area contributed by atoms with E-state index in [1.54, 1.807) is 18.2 Å². The predicted octanol–water partition coefficient (Wildman–Crippen LogP) is 1.99. The molecule has 0 radical (unpaired) electrons. The number of carbonyl (C=O) groups is 2. The number of benzene rings is 1. The lowest BCUT2D eigenvalue weighted by Crippen LogP contribution is -2.40. The standard InChI is InChI=1S/C9H8Br2N2O2/c1-5(14)12-13-9(15)7-4-6(10)2-3-8(7)11/h2-4H,1H3,(H,12,14)(H,13,15). The maximum absolute atomic E-state index is 11.5. The zero-order chi connectivity index (χ0) is 11.4. The number of amides is 2. The minimum absolute atomic E-state index is 0.325. The number of carbonyl (C=O) groups excluding carboxylic acids is 2. The Labute approximate surface area is 104 Å². The van der Waals surface area contributed by atoms with Gasteiger partial charge in [-0.15, -0.1) is 0 Å². The highest BCUT2D eigenvalue weighted by molar-refractivity contribution is 9.11. The molecule has 0 fully saturated rings. The van der Waals surface area contributed by atoms with Crippen LogP contribution in [0.4, 0.5) is 0 Å². The maximum Gasteiger partial charge on any atom is 0.270 e. The Morgan fingerprint density at radius 3 is 2.47 bits per heavy atom. The number of rotatable bonds is 1. The third-order valence-corrected chi connectivity index (χ3v) is 2.71. The van der Waals surface area contributed by atoms with Crippen LogP contribution in [0.5, 0.6) is 0 Å². The molecule has 0 unspecified atom stereocenters. The molecule has 1 aromatic rings. The average molecular weight is 336 g/mol. The second-order valence-electron chi connectivity index (χ2n) is 2.76. The Hall–Kier alpha value is -0.880. The van der Waals surface area contributed by atoms with E-state index in [1.165, 1.54) is 6.92 Å². The summed E-state index contributed by atoms with van der Waals surface area (Å²) >= 11 is 6.50. The molecule has 80 valence electrons. The van der Waals surface area contributed by atoms with Crippen molar-refractivity contribution in [3.63, 3.8) is 0 Å². The molecule has 0 atom stereocenters. The van der Waals surface area contributed by atoms with Crippen LogP contribution in [0, 0.1) is 0 Å². The Kier molecular flexibility index (Phi) is 4.28. The summed E-state index contributed by atoms with van der Waals surface area (Å²) in [7, 11) is 0. The van der Waals surface area contributed by atoms with Crippen molar-refractivity contribution in [2.24, 2.45) is 0 Å². The van der Waals surface area contributed by atoms with Gasteiger partial charge in [0.15, 0.2) is 0 Å². The van der Waals surface area contributed by atoms with Crippen molar-refractivity contribution in [3.05, 3.63) is 32.7 Å². The Morgan fingerprint density at radius 1 is 1.20 bits per heavy atom. The predicted molar refractivity (Wildman–Crippen MR) is 63.1 cm³/mol. The SMILES string of the molecule is CC(=O)NNC(=O)c1cc(Br)ccc1Br. The highest BCUT2D eigenvalue weighted by atomic mass is 79.9. The van der Waals surface area contributed by atoms with Gasteiger partial charge in [0.1, 0.15) is 0 Å². The summed E-state index contributed by atoms with van der Waals surface area (Å²) in [6, 6.07) is 5.20. The van der Waals surface area contributed by atoms with E-state index >= 15 is 0 Å². The highest BCUT2D eigenvalue weighted by Crippen LogP contribution is 2.21. The van der Waals surface area contributed by atoms with E-state index in [9.17, 15) is 9.59 Å². The van der Waals surface area contributed by atoms with Crippen LogP contribution in [0.25, 0.3) is 0 Å². The number of hydrogen-bond donors (Lipinski definition) is 2. The molecular formula is C9H8Br2N2O2. The molecule has 1 aromatic carbocycles. The third kappa shape index (κ3) is 3.64. The van der Waals surface area contributed by atoms with Crippen molar-refractivity contribution in [2.45, 2.75) is 6.92 Å². The normalized spacial score (nSPS) is 9.53. The van der Waals surface area contributed by atoms with Crippen molar-refractivity contribution in [2.75, 3.05) is 0 Å². The average Bonchev–Trinajstić information content (AvgIpc) is 2.18. The summed E-state index contributed by atoms with van der Waals surface area (Å²) in [4.78, 5) is 22.1. The van der Waals surface area contributed by atoms with Gasteiger partial charge in [-0.05, 0) is 34.1 Å². The zero-order valence-corrected chi connectivity index (χ0v) is 11.0. The molecule has 0 aliphatic carbocycles.